The van der Waals surface area contributed by atoms with Crippen molar-refractivity contribution >= 4 is 5.91 Å². The smallest absolute Gasteiger partial charge is 0.244 e. The van der Waals surface area contributed by atoms with E-state index in [0.29, 0.717) is 0 Å². The summed E-state index contributed by atoms with van der Waals surface area (Å²) in [6.07, 6.45) is 11.1. The highest BCUT2D eigenvalue weighted by Crippen LogP contribution is 2.41. The average Bonchev–Trinajstić information content (AvgIpc) is 3.06. The van der Waals surface area contributed by atoms with Crippen LogP contribution in [0.25, 0.3) is 0 Å². The molecule has 2 aliphatic rings. The van der Waals surface area contributed by atoms with Crippen LogP contribution in [0, 0.1) is 0 Å². The third kappa shape index (κ3) is 4.56. The van der Waals surface area contributed by atoms with E-state index in [1.807, 2.05) is 38.1 Å². The Bertz CT molecular complexity index is 681. The Balaban J connectivity index is 1.48. The zero-order valence-electron chi connectivity index (χ0n) is 14.8. The van der Waals surface area contributed by atoms with E-state index in [4.69, 9.17) is 14.2 Å². The number of ether oxygens (including phenoxy) is 3. The zero-order valence-corrected chi connectivity index (χ0v) is 14.8. The molecule has 0 bridgehead atoms. The van der Waals surface area contributed by atoms with E-state index in [2.05, 4.69) is 5.32 Å². The van der Waals surface area contributed by atoms with Crippen molar-refractivity contribution in [2.75, 3.05) is 6.79 Å². The summed E-state index contributed by atoms with van der Waals surface area (Å²) in [5.74, 6) is 2.39. The maximum Gasteiger partial charge on any atom is 0.244 e. The fourth-order valence-electron chi connectivity index (χ4n) is 2.84. The lowest BCUT2D eigenvalue weighted by atomic mass is 10.00. The number of rotatable bonds is 6. The van der Waals surface area contributed by atoms with Crippen molar-refractivity contribution in [2.45, 2.75) is 51.7 Å². The molecule has 0 saturated heterocycles. The second-order valence-electron chi connectivity index (χ2n) is 6.43. The first-order valence-corrected chi connectivity index (χ1v) is 8.88. The van der Waals surface area contributed by atoms with Gasteiger partial charge in [0.2, 0.25) is 12.7 Å². The Hall–Kier alpha value is -2.43. The largest absolute Gasteiger partial charge is 0.490 e. The van der Waals surface area contributed by atoms with Gasteiger partial charge in [-0.15, -0.1) is 0 Å². The van der Waals surface area contributed by atoms with Gasteiger partial charge in [0.25, 0.3) is 0 Å². The maximum atomic E-state index is 11.6. The second kappa shape index (κ2) is 8.10. The molecule has 25 heavy (non-hydrogen) atoms. The predicted octanol–water partition coefficient (Wildman–Crippen LogP) is 3.53. The van der Waals surface area contributed by atoms with Gasteiger partial charge in [-0.2, -0.15) is 0 Å². The highest BCUT2D eigenvalue weighted by atomic mass is 16.7. The SMILES string of the molecule is CCC(C)NC(=O)C=CC=CCC1CCc2cc3c(cc2O1)OCO3. The molecule has 2 unspecified atom stereocenters. The molecule has 1 aromatic rings. The van der Waals surface area contributed by atoms with Gasteiger partial charge in [0.1, 0.15) is 11.9 Å². The summed E-state index contributed by atoms with van der Waals surface area (Å²) in [6, 6.07) is 4.14. The van der Waals surface area contributed by atoms with Crippen LogP contribution >= 0.6 is 0 Å². The summed E-state index contributed by atoms with van der Waals surface area (Å²) in [5, 5.41) is 2.89. The van der Waals surface area contributed by atoms with Crippen molar-refractivity contribution in [3.63, 3.8) is 0 Å². The van der Waals surface area contributed by atoms with Gasteiger partial charge in [0.05, 0.1) is 0 Å². The summed E-state index contributed by atoms with van der Waals surface area (Å²) >= 11 is 0. The van der Waals surface area contributed by atoms with Gasteiger partial charge in [-0.25, -0.2) is 0 Å². The van der Waals surface area contributed by atoms with Crippen molar-refractivity contribution in [3.8, 4) is 17.2 Å². The summed E-state index contributed by atoms with van der Waals surface area (Å²) < 4.78 is 16.9. The Morgan fingerprint density at radius 2 is 2.08 bits per heavy atom. The minimum atomic E-state index is -0.0575. The van der Waals surface area contributed by atoms with E-state index < -0.39 is 0 Å². The van der Waals surface area contributed by atoms with Crippen LogP contribution in [-0.2, 0) is 11.2 Å². The van der Waals surface area contributed by atoms with Crippen LogP contribution in [0.1, 0.15) is 38.7 Å². The molecular formula is C20H25NO4. The molecule has 0 fully saturated rings. The number of hydrogen-bond donors (Lipinski definition) is 1. The van der Waals surface area contributed by atoms with Gasteiger partial charge in [-0.1, -0.05) is 25.2 Å². The summed E-state index contributed by atoms with van der Waals surface area (Å²) in [5.41, 5.74) is 1.17. The van der Waals surface area contributed by atoms with Crippen LogP contribution in [0.5, 0.6) is 17.2 Å². The first kappa shape index (κ1) is 17.4. The first-order valence-electron chi connectivity index (χ1n) is 8.88. The van der Waals surface area contributed by atoms with Gasteiger partial charge in [0, 0.05) is 24.6 Å². The molecular weight excluding hydrogens is 318 g/mol. The van der Waals surface area contributed by atoms with Crippen molar-refractivity contribution in [3.05, 3.63) is 42.0 Å². The predicted molar refractivity (Wildman–Crippen MR) is 96.1 cm³/mol. The van der Waals surface area contributed by atoms with E-state index in [1.165, 1.54) is 5.56 Å². The van der Waals surface area contributed by atoms with Crippen molar-refractivity contribution in [1.29, 1.82) is 0 Å². The summed E-state index contributed by atoms with van der Waals surface area (Å²) in [7, 11) is 0. The number of hydrogen-bond acceptors (Lipinski definition) is 4. The van der Waals surface area contributed by atoms with Gasteiger partial charge in [-0.3, -0.25) is 4.79 Å². The van der Waals surface area contributed by atoms with Crippen LogP contribution in [0.3, 0.4) is 0 Å². The summed E-state index contributed by atoms with van der Waals surface area (Å²) in [4.78, 5) is 11.6. The number of carbonyl (C=O) groups excluding carboxylic acids is 1. The van der Waals surface area contributed by atoms with E-state index >= 15 is 0 Å². The molecule has 0 saturated carbocycles. The van der Waals surface area contributed by atoms with Crippen molar-refractivity contribution in [1.82, 2.24) is 5.32 Å². The number of carbonyl (C=O) groups is 1. The van der Waals surface area contributed by atoms with Crippen LogP contribution in [0.4, 0.5) is 0 Å². The molecule has 5 heteroatoms. The number of nitrogens with one attached hydrogen (secondary N) is 1. The Labute approximate surface area is 148 Å². The van der Waals surface area contributed by atoms with Crippen LogP contribution < -0.4 is 19.5 Å². The Morgan fingerprint density at radius 3 is 2.88 bits per heavy atom. The number of amides is 1. The Morgan fingerprint density at radius 1 is 1.28 bits per heavy atom. The quantitative estimate of drug-likeness (QED) is 0.634. The molecule has 0 aromatic heterocycles. The normalized spacial score (nSPS) is 19.7. The maximum absolute atomic E-state index is 11.6. The fraction of sp³-hybridized carbons (Fsp3) is 0.450. The third-order valence-electron chi connectivity index (χ3n) is 4.48. The van der Waals surface area contributed by atoms with Crippen LogP contribution in [-0.4, -0.2) is 24.8 Å². The van der Waals surface area contributed by atoms with E-state index in [-0.39, 0.29) is 24.8 Å². The number of fused-ring (bicyclic) bond motifs is 2. The van der Waals surface area contributed by atoms with Gasteiger partial charge in [0.15, 0.2) is 11.5 Å². The highest BCUT2D eigenvalue weighted by molar-refractivity contribution is 5.87. The van der Waals surface area contributed by atoms with Crippen molar-refractivity contribution < 1.29 is 19.0 Å². The molecule has 1 N–H and O–H groups in total. The highest BCUT2D eigenvalue weighted by Gasteiger charge is 2.23. The molecule has 2 atom stereocenters. The molecule has 1 amide bonds. The minimum absolute atomic E-state index is 0.0575. The van der Waals surface area contributed by atoms with E-state index in [1.54, 1.807) is 12.2 Å². The Kier molecular flexibility index (Phi) is 5.64. The fourth-order valence-corrected chi connectivity index (χ4v) is 2.84. The monoisotopic (exact) mass is 343 g/mol. The molecule has 3 rings (SSSR count). The van der Waals surface area contributed by atoms with Crippen LogP contribution in [0.2, 0.25) is 0 Å². The van der Waals surface area contributed by atoms with Gasteiger partial charge >= 0.3 is 0 Å². The minimum Gasteiger partial charge on any atom is -0.490 e. The number of aryl methyl sites for hydroxylation is 1. The van der Waals surface area contributed by atoms with Gasteiger partial charge < -0.3 is 19.5 Å². The van der Waals surface area contributed by atoms with E-state index in [0.717, 1.165) is 42.9 Å². The molecule has 2 heterocycles. The van der Waals surface area contributed by atoms with Crippen LogP contribution in [0.15, 0.2) is 36.4 Å². The van der Waals surface area contributed by atoms with Crippen molar-refractivity contribution in [2.24, 2.45) is 0 Å². The molecule has 0 aliphatic carbocycles. The number of benzene rings is 1. The standard InChI is InChI=1S/C20H25NO4/c1-3-14(2)21-20(22)8-6-4-5-7-16-10-9-15-11-18-19(24-13-23-18)12-17(15)25-16/h4-6,8,11-12,14,16H,3,7,9-10,13H2,1-2H3,(H,21,22). The second-order valence-corrected chi connectivity index (χ2v) is 6.43. The zero-order chi connectivity index (χ0) is 17.6. The lowest BCUT2D eigenvalue weighted by Crippen LogP contribution is -2.30. The average molecular weight is 343 g/mol. The summed E-state index contributed by atoms with van der Waals surface area (Å²) in [6.45, 7) is 4.32. The van der Waals surface area contributed by atoms with E-state index in [9.17, 15) is 4.79 Å². The molecule has 5 nitrogen and oxygen atoms in total. The first-order chi connectivity index (χ1) is 12.2. The molecule has 0 spiro atoms. The molecule has 0 radical (unpaired) electrons. The molecule has 134 valence electrons. The third-order valence-corrected chi connectivity index (χ3v) is 4.48. The van der Waals surface area contributed by atoms with Gasteiger partial charge in [-0.05, 0) is 37.8 Å². The molecule has 2 aliphatic heterocycles. The number of allylic oxidation sites excluding steroid dienone is 2. The topological polar surface area (TPSA) is 56.8 Å². The molecule has 1 aromatic carbocycles. The lowest BCUT2D eigenvalue weighted by Gasteiger charge is -2.25. The lowest BCUT2D eigenvalue weighted by molar-refractivity contribution is -0.117.